The van der Waals surface area contributed by atoms with Crippen molar-refractivity contribution in [2.45, 2.75) is 0 Å². The van der Waals surface area contributed by atoms with Crippen LogP contribution < -0.4 is 0 Å². The Morgan fingerprint density at radius 3 is 1.75 bits per heavy atom. The van der Waals surface area contributed by atoms with Crippen molar-refractivity contribution in [3.63, 3.8) is 0 Å². The Morgan fingerprint density at radius 1 is 1.75 bits per heavy atom. The summed E-state index contributed by atoms with van der Waals surface area (Å²) in [5.41, 5.74) is 12.2. The molecule has 0 aromatic carbocycles. The first-order valence-electron chi connectivity index (χ1n) is 0.424. The van der Waals surface area contributed by atoms with Crippen molar-refractivity contribution in [2.75, 3.05) is 0 Å². The van der Waals surface area contributed by atoms with Crippen molar-refractivity contribution in [3.05, 3.63) is 10.4 Å². The molecule has 4 heteroatoms. The molecule has 27 valence electrons. The molecule has 3 nitrogen and oxygen atoms in total. The molecule has 4 heavy (non-hydrogen) atoms. The summed E-state index contributed by atoms with van der Waals surface area (Å²) < 4.78 is 0. The summed E-state index contributed by atoms with van der Waals surface area (Å²) in [6, 6.07) is 0. The maximum absolute atomic E-state index is 6.86. The molecular formula is HCuN3. The Labute approximate surface area is 33.9 Å². The van der Waals surface area contributed by atoms with Crippen LogP contribution in [0.2, 0.25) is 0 Å². The molecule has 0 aliphatic carbocycles. The molecule has 0 bridgehead atoms. The molecule has 1 N–H and O–H groups in total. The third-order valence-electron chi connectivity index (χ3n) is 0. The second-order valence-electron chi connectivity index (χ2n) is 0.100. The largest absolute Gasteiger partial charge is 0.108 e. The Kier molecular flexibility index (Phi) is 31.5. The van der Waals surface area contributed by atoms with Gasteiger partial charge in [-0.2, -0.15) is 0 Å². The van der Waals surface area contributed by atoms with Crippen molar-refractivity contribution < 1.29 is 17.1 Å². The van der Waals surface area contributed by atoms with Crippen LogP contribution in [0.15, 0.2) is 0 Å². The molecular weight excluding hydrogens is 106 g/mol. The van der Waals surface area contributed by atoms with E-state index >= 15 is 0 Å². The van der Waals surface area contributed by atoms with Gasteiger partial charge in [0.25, 0.3) is 0 Å². The van der Waals surface area contributed by atoms with Gasteiger partial charge in [-0.1, -0.05) is 0 Å². The van der Waals surface area contributed by atoms with Gasteiger partial charge in [0.15, 0.2) is 0 Å². The Bertz CT molecular complexity index is 24.3. The quantitative estimate of drug-likeness (QED) is 0.206. The number of hydrogen-bond acceptors (Lipinski definition) is 1. The third-order valence-corrected chi connectivity index (χ3v) is 0. The van der Waals surface area contributed by atoms with Gasteiger partial charge in [-0.15, -0.1) is 5.53 Å². The van der Waals surface area contributed by atoms with Crippen LogP contribution in [0.25, 0.3) is 10.4 Å². The maximum atomic E-state index is 6.86. The molecule has 0 spiro atoms. The minimum absolute atomic E-state index is 0. The summed E-state index contributed by atoms with van der Waals surface area (Å²) in [4.78, 5) is 1.75. The SMILES string of the molecule is [Cu].[N-]=[N+]=N. The molecule has 0 fully saturated rings. The topological polar surface area (TPSA) is 60.3 Å². The average Bonchev–Trinajstić information content (AvgIpc) is 0.918. The van der Waals surface area contributed by atoms with Crippen LogP contribution in [0.5, 0.6) is 0 Å². The molecule has 0 aliphatic rings. The van der Waals surface area contributed by atoms with E-state index in [0.717, 1.165) is 0 Å². The zero-order valence-electron chi connectivity index (χ0n) is 1.70. The van der Waals surface area contributed by atoms with Gasteiger partial charge in [0, 0.05) is 17.1 Å². The van der Waals surface area contributed by atoms with Gasteiger partial charge >= 0.3 is 0 Å². The van der Waals surface area contributed by atoms with Crippen molar-refractivity contribution in [2.24, 2.45) is 0 Å². The summed E-state index contributed by atoms with van der Waals surface area (Å²) in [7, 11) is 0. The molecule has 0 saturated carbocycles. The van der Waals surface area contributed by atoms with E-state index in [2.05, 4.69) is 0 Å². The van der Waals surface area contributed by atoms with Gasteiger partial charge in [0.1, 0.15) is 0 Å². The Hall–Kier alpha value is -0.171. The molecule has 0 heterocycles. The summed E-state index contributed by atoms with van der Waals surface area (Å²) in [5.74, 6) is 0. The number of nitrogens with zero attached hydrogens (tertiary/aromatic N) is 2. The van der Waals surface area contributed by atoms with Gasteiger partial charge < -0.3 is 0 Å². The standard InChI is InChI=1S/Cu.HN3/c;1-3-2/h;1H. The van der Waals surface area contributed by atoms with Gasteiger partial charge in [0.05, 0.1) is 0 Å². The van der Waals surface area contributed by atoms with Crippen LogP contribution >= 0.6 is 0 Å². The number of rotatable bonds is 0. The fraction of sp³-hybridized carbons (Fsp3) is 0. The van der Waals surface area contributed by atoms with E-state index < -0.39 is 0 Å². The van der Waals surface area contributed by atoms with E-state index in [-0.39, 0.29) is 17.1 Å². The zero-order valence-corrected chi connectivity index (χ0v) is 2.64. The van der Waals surface area contributed by atoms with Crippen molar-refractivity contribution >= 4 is 0 Å². The molecule has 0 aliphatic heterocycles. The van der Waals surface area contributed by atoms with E-state index in [1.165, 1.54) is 0 Å². The Balaban J connectivity index is 0. The Morgan fingerprint density at radius 2 is 1.75 bits per heavy atom. The first-order valence-corrected chi connectivity index (χ1v) is 0.424. The van der Waals surface area contributed by atoms with Crippen LogP contribution in [0, 0.1) is 5.53 Å². The van der Waals surface area contributed by atoms with Gasteiger partial charge in [-0.3, -0.25) is 0 Å². The molecule has 0 aromatic rings. The van der Waals surface area contributed by atoms with E-state index in [1.807, 2.05) is 0 Å². The van der Waals surface area contributed by atoms with Crippen LogP contribution in [0.1, 0.15) is 0 Å². The summed E-state index contributed by atoms with van der Waals surface area (Å²) in [5, 5.41) is 0. The monoisotopic (exact) mass is 106 g/mol. The van der Waals surface area contributed by atoms with Crippen molar-refractivity contribution in [1.29, 1.82) is 5.53 Å². The predicted octanol–water partition coefficient (Wildman–Crippen LogP) is 0.873. The zero-order chi connectivity index (χ0) is 2.71. The van der Waals surface area contributed by atoms with Gasteiger partial charge in [0.2, 0.25) is 0 Å². The minimum Gasteiger partial charge on any atom is -0.108 e. The molecule has 0 atom stereocenters. The fourth-order valence-corrected chi connectivity index (χ4v) is 0. The molecule has 0 saturated heterocycles. The molecule has 0 unspecified atom stereocenters. The van der Waals surface area contributed by atoms with Crippen molar-refractivity contribution in [1.82, 2.24) is 0 Å². The summed E-state index contributed by atoms with van der Waals surface area (Å²) in [6.07, 6.45) is 0. The van der Waals surface area contributed by atoms with Crippen LogP contribution in [-0.2, 0) is 17.1 Å². The number of hydrogen-bond donors (Lipinski definition) is 1. The van der Waals surface area contributed by atoms with E-state index in [0.29, 0.717) is 0 Å². The number of nitrogens with one attached hydrogen (secondary N) is 1. The first-order chi connectivity index (χ1) is 1.41. The predicted molar refractivity (Wildman–Crippen MR) is 9.44 cm³/mol. The van der Waals surface area contributed by atoms with Crippen molar-refractivity contribution in [3.8, 4) is 0 Å². The molecule has 0 rings (SSSR count). The molecule has 0 amide bonds. The minimum atomic E-state index is 0. The van der Waals surface area contributed by atoms with Crippen LogP contribution in [-0.4, -0.2) is 0 Å². The maximum Gasteiger partial charge on any atom is 0 e. The summed E-state index contributed by atoms with van der Waals surface area (Å²) in [6.45, 7) is 0. The van der Waals surface area contributed by atoms with Gasteiger partial charge in [-0.25, -0.2) is 0 Å². The smallest absolute Gasteiger partial charge is 0 e. The van der Waals surface area contributed by atoms with E-state index in [4.69, 9.17) is 11.1 Å². The average molecular weight is 107 g/mol. The van der Waals surface area contributed by atoms with Crippen LogP contribution in [0.3, 0.4) is 0 Å². The normalized spacial score (nSPS) is 2.00. The molecule has 0 aromatic heterocycles. The van der Waals surface area contributed by atoms with E-state index in [1.54, 1.807) is 4.91 Å². The summed E-state index contributed by atoms with van der Waals surface area (Å²) >= 11 is 0. The molecule has 1 radical (unpaired) electrons. The first kappa shape index (κ1) is 9.16. The second kappa shape index (κ2) is 13.8. The van der Waals surface area contributed by atoms with Crippen LogP contribution in [0.4, 0.5) is 0 Å². The van der Waals surface area contributed by atoms with Gasteiger partial charge in [-0.05, 0) is 10.4 Å². The second-order valence-corrected chi connectivity index (χ2v) is 0.100. The van der Waals surface area contributed by atoms with E-state index in [9.17, 15) is 0 Å². The fourth-order valence-electron chi connectivity index (χ4n) is 0. The third kappa shape index (κ3) is 43.3.